The Hall–Kier alpha value is -3.34. The summed E-state index contributed by atoms with van der Waals surface area (Å²) in [6.45, 7) is 6.78. The van der Waals surface area contributed by atoms with E-state index in [0.29, 0.717) is 13.2 Å². The topological polar surface area (TPSA) is 111 Å². The minimum Gasteiger partial charge on any atom is -0.374 e. The number of nitrogens with one attached hydrogen (secondary N) is 1. The van der Waals surface area contributed by atoms with Crippen LogP contribution in [0.15, 0.2) is 66.9 Å². The van der Waals surface area contributed by atoms with E-state index >= 15 is 0 Å². The van der Waals surface area contributed by atoms with E-state index < -0.39 is 15.9 Å². The Morgan fingerprint density at radius 2 is 1.57 bits per heavy atom. The Bertz CT molecular complexity index is 1250. The Balaban J connectivity index is 1.66. The molecule has 0 saturated carbocycles. The van der Waals surface area contributed by atoms with Crippen molar-refractivity contribution in [1.82, 2.24) is 14.7 Å². The summed E-state index contributed by atoms with van der Waals surface area (Å²) in [4.78, 5) is 23.5. The van der Waals surface area contributed by atoms with Crippen LogP contribution in [0.3, 0.4) is 0 Å². The molecule has 3 aromatic rings. The SMILES string of the molecule is CC(C)N(CCO[C@@H](C)COCC(=O)NS(C)(=O)=O)c1cnc(-c2ccccc2)c(-c2ccccc2)n1. The van der Waals surface area contributed by atoms with Gasteiger partial charge in [-0.3, -0.25) is 14.5 Å². The summed E-state index contributed by atoms with van der Waals surface area (Å²) in [5.74, 6) is 0.0333. The first-order chi connectivity index (χ1) is 17.6. The van der Waals surface area contributed by atoms with Gasteiger partial charge in [0.15, 0.2) is 0 Å². The summed E-state index contributed by atoms with van der Waals surface area (Å²) in [5, 5.41) is 0. The standard InChI is InChI=1S/C27H34N4O5S/c1-20(2)31(15-16-36-21(3)18-35-19-25(32)30-37(4,33)34)24-17-28-26(22-11-7-5-8-12-22)27(29-24)23-13-9-6-10-14-23/h5-14,17,20-21H,15-16,18-19H2,1-4H3,(H,30,32)/t21-/m0/s1. The van der Waals surface area contributed by atoms with Gasteiger partial charge in [0.2, 0.25) is 10.0 Å². The molecule has 0 saturated heterocycles. The van der Waals surface area contributed by atoms with Crippen molar-refractivity contribution in [3.8, 4) is 22.5 Å². The first-order valence-electron chi connectivity index (χ1n) is 12.1. The lowest BCUT2D eigenvalue weighted by Gasteiger charge is -2.29. The second-order valence-corrected chi connectivity index (χ2v) is 10.7. The monoisotopic (exact) mass is 526 g/mol. The molecule has 0 bridgehead atoms. The lowest BCUT2D eigenvalue weighted by Crippen LogP contribution is -2.36. The predicted molar refractivity (Wildman–Crippen MR) is 145 cm³/mol. The van der Waals surface area contributed by atoms with Crippen LogP contribution in [0.1, 0.15) is 20.8 Å². The van der Waals surface area contributed by atoms with Crippen molar-refractivity contribution < 1.29 is 22.7 Å². The molecule has 37 heavy (non-hydrogen) atoms. The molecule has 9 nitrogen and oxygen atoms in total. The fourth-order valence-corrected chi connectivity index (χ4v) is 4.19. The first kappa shape index (κ1) is 28.2. The highest BCUT2D eigenvalue weighted by atomic mass is 32.2. The molecule has 10 heteroatoms. The van der Waals surface area contributed by atoms with Crippen molar-refractivity contribution in [3.63, 3.8) is 0 Å². The number of aromatic nitrogens is 2. The van der Waals surface area contributed by atoms with Crippen LogP contribution in [0.2, 0.25) is 0 Å². The minimum absolute atomic E-state index is 0.148. The van der Waals surface area contributed by atoms with Gasteiger partial charge in [-0.2, -0.15) is 0 Å². The lowest BCUT2D eigenvalue weighted by molar-refractivity contribution is -0.125. The molecule has 198 valence electrons. The maximum atomic E-state index is 11.5. The Labute approximate surface area is 218 Å². The second kappa shape index (κ2) is 13.3. The average molecular weight is 527 g/mol. The molecule has 1 heterocycles. The van der Waals surface area contributed by atoms with Gasteiger partial charge in [0.1, 0.15) is 12.4 Å². The number of rotatable bonds is 13. The molecular formula is C27H34N4O5S. The minimum atomic E-state index is -3.60. The molecule has 0 spiro atoms. The van der Waals surface area contributed by atoms with Crippen LogP contribution in [-0.2, 0) is 24.3 Å². The average Bonchev–Trinajstić information content (AvgIpc) is 2.86. The molecular weight excluding hydrogens is 492 g/mol. The Morgan fingerprint density at radius 1 is 0.973 bits per heavy atom. The van der Waals surface area contributed by atoms with Gasteiger partial charge in [-0.1, -0.05) is 60.7 Å². The van der Waals surface area contributed by atoms with E-state index in [1.807, 2.05) is 72.3 Å². The molecule has 1 N–H and O–H groups in total. The number of ether oxygens (including phenoxy) is 2. The number of hydrogen-bond donors (Lipinski definition) is 1. The van der Waals surface area contributed by atoms with Crippen LogP contribution in [0.5, 0.6) is 0 Å². The number of hydrogen-bond acceptors (Lipinski definition) is 8. The zero-order valence-corrected chi connectivity index (χ0v) is 22.4. The van der Waals surface area contributed by atoms with Gasteiger partial charge >= 0.3 is 0 Å². The highest BCUT2D eigenvalue weighted by Crippen LogP contribution is 2.30. The van der Waals surface area contributed by atoms with Gasteiger partial charge in [0, 0.05) is 23.7 Å². The predicted octanol–water partition coefficient (Wildman–Crippen LogP) is 3.52. The first-order valence-corrected chi connectivity index (χ1v) is 14.0. The molecule has 0 unspecified atom stereocenters. The van der Waals surface area contributed by atoms with Crippen LogP contribution in [-0.4, -0.2) is 69.1 Å². The van der Waals surface area contributed by atoms with Crippen molar-refractivity contribution >= 4 is 21.7 Å². The van der Waals surface area contributed by atoms with Gasteiger partial charge in [-0.15, -0.1) is 0 Å². The van der Waals surface area contributed by atoms with Crippen LogP contribution in [0, 0.1) is 0 Å². The third-order valence-electron chi connectivity index (χ3n) is 5.39. The van der Waals surface area contributed by atoms with Gasteiger partial charge in [0.05, 0.1) is 43.2 Å². The van der Waals surface area contributed by atoms with E-state index in [0.717, 1.165) is 34.6 Å². The van der Waals surface area contributed by atoms with Crippen molar-refractivity contribution in [2.75, 3.05) is 37.5 Å². The summed E-state index contributed by atoms with van der Waals surface area (Å²) < 4.78 is 35.2. The number of nitrogens with zero attached hydrogens (tertiary/aromatic N) is 3. The molecule has 1 atom stereocenters. The molecule has 1 amide bonds. The van der Waals surface area contributed by atoms with E-state index in [1.165, 1.54) is 0 Å². The third-order valence-corrected chi connectivity index (χ3v) is 5.99. The number of sulfonamides is 1. The molecule has 0 aliphatic heterocycles. The fourth-order valence-electron chi connectivity index (χ4n) is 3.71. The zero-order valence-electron chi connectivity index (χ0n) is 21.6. The van der Waals surface area contributed by atoms with Gasteiger partial charge in [-0.05, 0) is 20.8 Å². The summed E-state index contributed by atoms with van der Waals surface area (Å²) in [6, 6.07) is 20.2. The third kappa shape index (κ3) is 8.92. The molecule has 0 aliphatic carbocycles. The molecule has 3 rings (SSSR count). The zero-order chi connectivity index (χ0) is 26.8. The van der Waals surface area contributed by atoms with Crippen molar-refractivity contribution in [3.05, 3.63) is 66.9 Å². The smallest absolute Gasteiger partial charge is 0.259 e. The number of anilines is 1. The van der Waals surface area contributed by atoms with Gasteiger partial charge in [-0.25, -0.2) is 13.4 Å². The Morgan fingerprint density at radius 3 is 2.14 bits per heavy atom. The van der Waals surface area contributed by atoms with E-state index in [9.17, 15) is 13.2 Å². The van der Waals surface area contributed by atoms with Crippen LogP contribution < -0.4 is 9.62 Å². The van der Waals surface area contributed by atoms with E-state index in [-0.39, 0.29) is 25.4 Å². The number of amides is 1. The van der Waals surface area contributed by atoms with Crippen LogP contribution >= 0.6 is 0 Å². The van der Waals surface area contributed by atoms with Gasteiger partial charge < -0.3 is 14.4 Å². The lowest BCUT2D eigenvalue weighted by atomic mass is 10.0. The highest BCUT2D eigenvalue weighted by molar-refractivity contribution is 7.89. The maximum absolute atomic E-state index is 11.5. The van der Waals surface area contributed by atoms with Crippen molar-refractivity contribution in [1.29, 1.82) is 0 Å². The number of carbonyl (C=O) groups excluding carboxylic acids is 1. The van der Waals surface area contributed by atoms with E-state index in [2.05, 4.69) is 18.7 Å². The fraction of sp³-hybridized carbons (Fsp3) is 0.370. The normalized spacial score (nSPS) is 12.4. The Kier molecular flexibility index (Phi) is 10.1. The second-order valence-electron chi connectivity index (χ2n) is 8.94. The van der Waals surface area contributed by atoms with E-state index in [1.54, 1.807) is 6.20 Å². The summed E-state index contributed by atoms with van der Waals surface area (Å²) in [6.07, 6.45) is 2.42. The maximum Gasteiger partial charge on any atom is 0.259 e. The van der Waals surface area contributed by atoms with Gasteiger partial charge in [0.25, 0.3) is 5.91 Å². The molecule has 1 aromatic heterocycles. The molecule has 0 aliphatic rings. The van der Waals surface area contributed by atoms with Crippen molar-refractivity contribution in [2.45, 2.75) is 32.9 Å². The molecule has 2 aromatic carbocycles. The number of carbonyl (C=O) groups is 1. The molecule has 0 radical (unpaired) electrons. The van der Waals surface area contributed by atoms with E-state index in [4.69, 9.17) is 19.4 Å². The summed E-state index contributed by atoms with van der Waals surface area (Å²) >= 11 is 0. The summed E-state index contributed by atoms with van der Waals surface area (Å²) in [5.41, 5.74) is 3.62. The highest BCUT2D eigenvalue weighted by Gasteiger charge is 2.18. The largest absolute Gasteiger partial charge is 0.374 e. The van der Waals surface area contributed by atoms with Crippen molar-refractivity contribution in [2.24, 2.45) is 0 Å². The summed E-state index contributed by atoms with van der Waals surface area (Å²) in [7, 11) is -3.60. The quantitative estimate of drug-likeness (QED) is 0.360. The van der Waals surface area contributed by atoms with Crippen LogP contribution in [0.25, 0.3) is 22.5 Å². The number of benzene rings is 2. The van der Waals surface area contributed by atoms with Crippen LogP contribution in [0.4, 0.5) is 5.82 Å². The molecule has 0 fully saturated rings.